The lowest BCUT2D eigenvalue weighted by Gasteiger charge is -2.22. The van der Waals surface area contributed by atoms with E-state index in [0.29, 0.717) is 35.2 Å². The third kappa shape index (κ3) is 3.15. The molecule has 0 bridgehead atoms. The van der Waals surface area contributed by atoms with E-state index in [1.807, 2.05) is 28.3 Å². The van der Waals surface area contributed by atoms with Crippen molar-refractivity contribution in [3.63, 3.8) is 0 Å². The van der Waals surface area contributed by atoms with Crippen molar-refractivity contribution < 1.29 is 4.79 Å². The third-order valence-electron chi connectivity index (χ3n) is 5.02. The monoisotopic (exact) mass is 376 g/mol. The number of hydrogen-bond donors (Lipinski definition) is 1. The van der Waals surface area contributed by atoms with E-state index in [2.05, 4.69) is 42.2 Å². The summed E-state index contributed by atoms with van der Waals surface area (Å²) in [6, 6.07) is 9.38. The van der Waals surface area contributed by atoms with E-state index in [1.54, 1.807) is 12.1 Å². The lowest BCUT2D eigenvalue weighted by molar-refractivity contribution is 0.101. The molecule has 1 saturated carbocycles. The minimum Gasteiger partial charge on any atom is -0.310 e. The van der Waals surface area contributed by atoms with Crippen molar-refractivity contribution in [2.45, 2.75) is 58.5 Å². The average Bonchev–Trinajstić information content (AvgIpc) is 3.29. The number of amides is 1. The number of imidazole rings is 1. The van der Waals surface area contributed by atoms with Crippen LogP contribution in [0.4, 0.5) is 5.95 Å². The van der Waals surface area contributed by atoms with Crippen LogP contribution in [0, 0.1) is 11.3 Å². The van der Waals surface area contributed by atoms with Crippen LogP contribution >= 0.6 is 0 Å². The number of aryl methyl sites for hydroxylation is 1. The Morgan fingerprint density at radius 1 is 1.32 bits per heavy atom. The normalized spacial score (nSPS) is 14.2. The molecule has 1 amide bonds. The molecule has 1 aliphatic carbocycles. The molecule has 4 rings (SSSR count). The van der Waals surface area contributed by atoms with Gasteiger partial charge < -0.3 is 4.57 Å². The highest BCUT2D eigenvalue weighted by atomic mass is 16.2. The summed E-state index contributed by atoms with van der Waals surface area (Å²) < 4.78 is 3.90. The van der Waals surface area contributed by atoms with Crippen molar-refractivity contribution >= 4 is 22.9 Å². The fourth-order valence-corrected chi connectivity index (χ4v) is 3.49. The van der Waals surface area contributed by atoms with Crippen LogP contribution in [-0.4, -0.2) is 25.2 Å². The maximum atomic E-state index is 12.9. The zero-order chi connectivity index (χ0) is 20.1. The standard InChI is InChI=1S/C21H24N6O/c1-5-26-17-9-6-13(12-22)10-15(17)23-20(26)24-19(28)16-11-18(14-7-8-14)27(25-16)21(2,3)4/h6,9-11,14H,5,7-8H2,1-4H3,(H,23,24,28). The lowest BCUT2D eigenvalue weighted by atomic mass is 10.1. The fourth-order valence-electron chi connectivity index (χ4n) is 3.49. The second-order valence-corrected chi connectivity index (χ2v) is 8.26. The number of rotatable bonds is 4. The first-order valence-corrected chi connectivity index (χ1v) is 9.64. The summed E-state index contributed by atoms with van der Waals surface area (Å²) in [5.41, 5.74) is 3.47. The summed E-state index contributed by atoms with van der Waals surface area (Å²) in [4.78, 5) is 17.5. The van der Waals surface area contributed by atoms with Crippen molar-refractivity contribution in [1.29, 1.82) is 5.26 Å². The number of nitrogens with zero attached hydrogens (tertiary/aromatic N) is 5. The molecule has 0 unspecified atom stereocenters. The zero-order valence-corrected chi connectivity index (χ0v) is 16.7. The van der Waals surface area contributed by atoms with E-state index in [9.17, 15) is 4.79 Å². The van der Waals surface area contributed by atoms with Gasteiger partial charge in [-0.3, -0.25) is 14.8 Å². The van der Waals surface area contributed by atoms with Gasteiger partial charge in [0, 0.05) is 18.2 Å². The highest BCUT2D eigenvalue weighted by Crippen LogP contribution is 2.41. The van der Waals surface area contributed by atoms with Gasteiger partial charge in [0.1, 0.15) is 0 Å². The quantitative estimate of drug-likeness (QED) is 0.745. The van der Waals surface area contributed by atoms with Gasteiger partial charge in [-0.25, -0.2) is 4.98 Å². The number of fused-ring (bicyclic) bond motifs is 1. The number of carbonyl (C=O) groups is 1. The number of nitrogens with one attached hydrogen (secondary N) is 1. The molecule has 144 valence electrons. The number of hydrogen-bond acceptors (Lipinski definition) is 4. The van der Waals surface area contributed by atoms with Crippen LogP contribution in [0.25, 0.3) is 11.0 Å². The van der Waals surface area contributed by atoms with Gasteiger partial charge in [-0.15, -0.1) is 0 Å². The Bertz CT molecular complexity index is 1100. The maximum absolute atomic E-state index is 12.9. The summed E-state index contributed by atoms with van der Waals surface area (Å²) in [5.74, 6) is 0.698. The SMILES string of the molecule is CCn1c(NC(=O)c2cc(C3CC3)n(C(C)(C)C)n2)nc2cc(C#N)ccc21. The fraction of sp³-hybridized carbons (Fsp3) is 0.429. The van der Waals surface area contributed by atoms with Gasteiger partial charge in [-0.05, 0) is 64.8 Å². The molecule has 0 radical (unpaired) electrons. The van der Waals surface area contributed by atoms with Gasteiger partial charge >= 0.3 is 0 Å². The molecule has 7 heteroatoms. The van der Waals surface area contributed by atoms with Crippen LogP contribution in [-0.2, 0) is 12.1 Å². The van der Waals surface area contributed by atoms with Crippen molar-refractivity contribution in [1.82, 2.24) is 19.3 Å². The summed E-state index contributed by atoms with van der Waals surface area (Å²) in [5, 5.41) is 16.6. The number of anilines is 1. The third-order valence-corrected chi connectivity index (χ3v) is 5.02. The van der Waals surface area contributed by atoms with Gasteiger partial charge in [0.15, 0.2) is 5.69 Å². The molecule has 1 N–H and O–H groups in total. The first-order chi connectivity index (χ1) is 13.3. The van der Waals surface area contributed by atoms with Gasteiger partial charge in [0.2, 0.25) is 5.95 Å². The highest BCUT2D eigenvalue weighted by molar-refractivity contribution is 6.02. The van der Waals surface area contributed by atoms with Crippen LogP contribution in [0.3, 0.4) is 0 Å². The van der Waals surface area contributed by atoms with Crippen molar-refractivity contribution in [3.8, 4) is 6.07 Å². The van der Waals surface area contributed by atoms with Gasteiger partial charge in [0.05, 0.1) is 28.2 Å². The second kappa shape index (κ2) is 6.48. The number of benzene rings is 1. The molecule has 1 fully saturated rings. The highest BCUT2D eigenvalue weighted by Gasteiger charge is 2.32. The summed E-state index contributed by atoms with van der Waals surface area (Å²) in [6.45, 7) is 8.93. The summed E-state index contributed by atoms with van der Waals surface area (Å²) >= 11 is 0. The van der Waals surface area contributed by atoms with Gasteiger partial charge in [-0.2, -0.15) is 10.4 Å². The van der Waals surface area contributed by atoms with E-state index in [0.717, 1.165) is 24.1 Å². The number of carbonyl (C=O) groups excluding carboxylic acids is 1. The molecule has 2 aromatic heterocycles. The molecule has 7 nitrogen and oxygen atoms in total. The number of nitriles is 1. The molecule has 3 aromatic rings. The maximum Gasteiger partial charge on any atom is 0.278 e. The van der Waals surface area contributed by atoms with Crippen LogP contribution in [0.15, 0.2) is 24.3 Å². The zero-order valence-electron chi connectivity index (χ0n) is 16.7. The molecular formula is C21H24N6O. The lowest BCUT2D eigenvalue weighted by Crippen LogP contribution is -2.26. The predicted molar refractivity (Wildman–Crippen MR) is 107 cm³/mol. The molecule has 1 aromatic carbocycles. The molecule has 0 atom stereocenters. The van der Waals surface area contributed by atoms with Crippen molar-refractivity contribution in [2.75, 3.05) is 5.32 Å². The van der Waals surface area contributed by atoms with Crippen LogP contribution < -0.4 is 5.32 Å². The van der Waals surface area contributed by atoms with Gasteiger partial charge in [-0.1, -0.05) is 0 Å². The van der Waals surface area contributed by atoms with Crippen LogP contribution in [0.5, 0.6) is 0 Å². The Morgan fingerprint density at radius 3 is 2.68 bits per heavy atom. The van der Waals surface area contributed by atoms with E-state index in [-0.39, 0.29) is 11.4 Å². The van der Waals surface area contributed by atoms with Crippen LogP contribution in [0.1, 0.15) is 68.2 Å². The van der Waals surface area contributed by atoms with E-state index in [4.69, 9.17) is 5.26 Å². The van der Waals surface area contributed by atoms with E-state index >= 15 is 0 Å². The molecular weight excluding hydrogens is 352 g/mol. The first kappa shape index (κ1) is 18.2. The predicted octanol–water partition coefficient (Wildman–Crippen LogP) is 4.01. The van der Waals surface area contributed by atoms with Crippen molar-refractivity contribution in [3.05, 3.63) is 41.2 Å². The number of aromatic nitrogens is 4. The van der Waals surface area contributed by atoms with Gasteiger partial charge in [0.25, 0.3) is 5.91 Å². The smallest absolute Gasteiger partial charge is 0.278 e. The Balaban J connectivity index is 1.68. The summed E-state index contributed by atoms with van der Waals surface area (Å²) in [6.07, 6.45) is 2.30. The minimum absolute atomic E-state index is 0.180. The Hall–Kier alpha value is -3.14. The van der Waals surface area contributed by atoms with E-state index < -0.39 is 0 Å². The van der Waals surface area contributed by atoms with E-state index in [1.165, 1.54) is 0 Å². The Labute approximate surface area is 164 Å². The second-order valence-electron chi connectivity index (χ2n) is 8.26. The Morgan fingerprint density at radius 2 is 2.07 bits per heavy atom. The van der Waals surface area contributed by atoms with Crippen LogP contribution in [0.2, 0.25) is 0 Å². The van der Waals surface area contributed by atoms with Crippen molar-refractivity contribution in [2.24, 2.45) is 0 Å². The average molecular weight is 376 g/mol. The molecule has 28 heavy (non-hydrogen) atoms. The molecule has 1 aliphatic rings. The molecule has 0 spiro atoms. The first-order valence-electron chi connectivity index (χ1n) is 9.64. The Kier molecular flexibility index (Phi) is 4.22. The largest absolute Gasteiger partial charge is 0.310 e. The molecule has 2 heterocycles. The molecule has 0 saturated heterocycles. The molecule has 0 aliphatic heterocycles. The topological polar surface area (TPSA) is 88.5 Å². The minimum atomic E-state index is -0.268. The summed E-state index contributed by atoms with van der Waals surface area (Å²) in [7, 11) is 0.